The van der Waals surface area contributed by atoms with Crippen LogP contribution in [0.25, 0.3) is 6.08 Å². The summed E-state index contributed by atoms with van der Waals surface area (Å²) >= 11 is 13.7. The fourth-order valence-electron chi connectivity index (χ4n) is 3.00. The minimum absolute atomic E-state index is 0.220. The van der Waals surface area contributed by atoms with Gasteiger partial charge in [-0.2, -0.15) is 0 Å². The average Bonchev–Trinajstić information content (AvgIpc) is 3.22. The Bertz CT molecular complexity index is 1200. The molecule has 34 heavy (non-hydrogen) atoms. The number of methoxy groups -OCH3 is 2. The van der Waals surface area contributed by atoms with Gasteiger partial charge in [-0.3, -0.25) is 4.79 Å². The van der Waals surface area contributed by atoms with Crippen molar-refractivity contribution in [2.75, 3.05) is 14.2 Å². The molecule has 1 aromatic heterocycles. The second-order valence-electron chi connectivity index (χ2n) is 6.99. The summed E-state index contributed by atoms with van der Waals surface area (Å²) in [6.07, 6.45) is 4.90. The van der Waals surface area contributed by atoms with E-state index in [4.69, 9.17) is 32.7 Å². The van der Waals surface area contributed by atoms with Crippen molar-refractivity contribution in [1.29, 1.82) is 0 Å². The van der Waals surface area contributed by atoms with Gasteiger partial charge in [0, 0.05) is 28.4 Å². The molecule has 0 unspecified atom stereocenters. The zero-order chi connectivity index (χ0) is 24.5. The lowest BCUT2D eigenvalue weighted by atomic mass is 10.2. The maximum Gasteiger partial charge on any atom is 0.244 e. The van der Waals surface area contributed by atoms with Crippen molar-refractivity contribution in [2.45, 2.75) is 24.0 Å². The Morgan fingerprint density at radius 3 is 2.65 bits per heavy atom. The third-order valence-electron chi connectivity index (χ3n) is 4.73. The van der Waals surface area contributed by atoms with Gasteiger partial charge in [0.25, 0.3) is 0 Å². The lowest BCUT2D eigenvalue weighted by molar-refractivity contribution is -0.116. The number of allylic oxidation sites excluding steroid dienone is 1. The second kappa shape index (κ2) is 12.5. The first-order chi connectivity index (χ1) is 16.4. The second-order valence-corrected chi connectivity index (χ2v) is 8.77. The molecule has 1 heterocycles. The topological polar surface area (TPSA) is 78.3 Å². The highest BCUT2D eigenvalue weighted by Crippen LogP contribution is 2.29. The Labute approximate surface area is 212 Å². The first kappa shape index (κ1) is 25.7. The summed E-state index contributed by atoms with van der Waals surface area (Å²) in [5, 5.41) is 13.2. The van der Waals surface area contributed by atoms with E-state index in [2.05, 4.69) is 22.1 Å². The maximum absolute atomic E-state index is 12.4. The molecule has 0 aliphatic heterocycles. The first-order valence-corrected chi connectivity index (χ1v) is 12.0. The molecule has 0 saturated heterocycles. The smallest absolute Gasteiger partial charge is 0.244 e. The number of aromatic nitrogens is 3. The minimum Gasteiger partial charge on any atom is -0.493 e. The van der Waals surface area contributed by atoms with Crippen LogP contribution in [0.4, 0.5) is 0 Å². The van der Waals surface area contributed by atoms with Crippen molar-refractivity contribution >= 4 is 46.9 Å². The number of halogens is 2. The number of benzene rings is 2. The Morgan fingerprint density at radius 1 is 1.15 bits per heavy atom. The van der Waals surface area contributed by atoms with Crippen LogP contribution in [-0.2, 0) is 23.6 Å². The summed E-state index contributed by atoms with van der Waals surface area (Å²) in [6.45, 7) is 4.54. The highest BCUT2D eigenvalue weighted by molar-refractivity contribution is 7.98. The average molecular weight is 519 g/mol. The van der Waals surface area contributed by atoms with Gasteiger partial charge in [0.15, 0.2) is 22.5 Å². The summed E-state index contributed by atoms with van der Waals surface area (Å²) in [6, 6.07) is 10.8. The van der Waals surface area contributed by atoms with Crippen LogP contribution in [-0.4, -0.2) is 34.9 Å². The number of nitrogens with zero attached hydrogens (tertiary/aromatic N) is 3. The molecule has 1 amide bonds. The third-order valence-corrected chi connectivity index (χ3v) is 6.34. The summed E-state index contributed by atoms with van der Waals surface area (Å²) in [4.78, 5) is 12.4. The molecule has 0 atom stereocenters. The highest BCUT2D eigenvalue weighted by atomic mass is 35.5. The Balaban J connectivity index is 1.62. The maximum atomic E-state index is 12.4. The van der Waals surface area contributed by atoms with Crippen LogP contribution >= 0.6 is 35.0 Å². The fourth-order valence-corrected chi connectivity index (χ4v) is 4.53. The van der Waals surface area contributed by atoms with Gasteiger partial charge in [0.2, 0.25) is 5.91 Å². The lowest BCUT2D eigenvalue weighted by Crippen LogP contribution is -2.22. The van der Waals surface area contributed by atoms with E-state index in [1.54, 1.807) is 50.6 Å². The van der Waals surface area contributed by atoms with Gasteiger partial charge < -0.3 is 19.4 Å². The number of rotatable bonds is 11. The zero-order valence-corrected chi connectivity index (χ0v) is 21.1. The van der Waals surface area contributed by atoms with Crippen LogP contribution in [0.1, 0.15) is 17.0 Å². The fraction of sp³-hybridized carbons (Fsp3) is 0.208. The van der Waals surface area contributed by atoms with E-state index < -0.39 is 0 Å². The molecule has 0 fully saturated rings. The summed E-state index contributed by atoms with van der Waals surface area (Å²) in [7, 11) is 3.14. The molecule has 10 heteroatoms. The number of nitrogens with one attached hydrogen (secondary N) is 1. The molecule has 0 radical (unpaired) electrons. The highest BCUT2D eigenvalue weighted by Gasteiger charge is 2.13. The number of thioether (sulfide) groups is 1. The largest absolute Gasteiger partial charge is 0.493 e. The van der Waals surface area contributed by atoms with Gasteiger partial charge in [0.05, 0.1) is 20.8 Å². The lowest BCUT2D eigenvalue weighted by Gasteiger charge is -2.09. The van der Waals surface area contributed by atoms with Crippen LogP contribution in [0.2, 0.25) is 10.0 Å². The number of carbonyl (C=O) groups is 1. The van der Waals surface area contributed by atoms with Gasteiger partial charge in [-0.25, -0.2) is 0 Å². The van der Waals surface area contributed by atoms with E-state index in [9.17, 15) is 4.79 Å². The molecule has 1 N–H and O–H groups in total. The van der Waals surface area contributed by atoms with Crippen LogP contribution in [0.5, 0.6) is 11.5 Å². The molecule has 7 nitrogen and oxygen atoms in total. The molecular weight excluding hydrogens is 495 g/mol. The molecule has 2 aromatic carbocycles. The zero-order valence-electron chi connectivity index (χ0n) is 18.8. The number of carbonyl (C=O) groups excluding carboxylic acids is 1. The quantitative estimate of drug-likeness (QED) is 0.207. The van der Waals surface area contributed by atoms with Crippen LogP contribution in [0, 0.1) is 0 Å². The van der Waals surface area contributed by atoms with Crippen molar-refractivity contribution < 1.29 is 14.3 Å². The van der Waals surface area contributed by atoms with Crippen molar-refractivity contribution in [3.8, 4) is 11.5 Å². The van der Waals surface area contributed by atoms with Crippen molar-refractivity contribution in [1.82, 2.24) is 20.1 Å². The predicted molar refractivity (Wildman–Crippen MR) is 137 cm³/mol. The van der Waals surface area contributed by atoms with Crippen LogP contribution < -0.4 is 14.8 Å². The molecule has 0 saturated carbocycles. The van der Waals surface area contributed by atoms with Gasteiger partial charge in [0.1, 0.15) is 0 Å². The molecule has 0 aliphatic rings. The first-order valence-electron chi connectivity index (χ1n) is 10.2. The van der Waals surface area contributed by atoms with Crippen molar-refractivity contribution in [3.05, 3.63) is 82.1 Å². The van der Waals surface area contributed by atoms with E-state index in [1.807, 2.05) is 16.7 Å². The Morgan fingerprint density at radius 2 is 1.94 bits per heavy atom. The molecule has 0 aliphatic carbocycles. The van der Waals surface area contributed by atoms with Crippen molar-refractivity contribution in [2.24, 2.45) is 0 Å². The summed E-state index contributed by atoms with van der Waals surface area (Å²) < 4.78 is 12.4. The van der Waals surface area contributed by atoms with Crippen LogP contribution in [0.15, 0.2) is 60.3 Å². The molecular formula is C24H24Cl2N4O3S. The number of hydrogen-bond donors (Lipinski definition) is 1. The standard InChI is InChI=1S/C24H24Cl2N4O3S/c1-4-11-30-22(28-29-24(30)34-15-17-7-8-18(25)13-19(17)26)14-27-23(31)10-6-16-5-9-20(32-2)21(12-16)33-3/h4-10,12-13H,1,11,14-15H2,2-3H3,(H,27,31)/b10-6+. The summed E-state index contributed by atoms with van der Waals surface area (Å²) in [5.74, 6) is 2.18. The van der Waals surface area contributed by atoms with Crippen LogP contribution in [0.3, 0.4) is 0 Å². The normalized spacial score (nSPS) is 10.9. The number of amides is 1. The molecule has 3 rings (SSSR count). The van der Waals surface area contributed by atoms with E-state index >= 15 is 0 Å². The van der Waals surface area contributed by atoms with Gasteiger partial charge in [-0.05, 0) is 41.5 Å². The predicted octanol–water partition coefficient (Wildman–Crippen LogP) is 5.41. The minimum atomic E-state index is -0.259. The molecule has 0 bridgehead atoms. The summed E-state index contributed by atoms with van der Waals surface area (Å²) in [5.41, 5.74) is 1.75. The Kier molecular flexibility index (Phi) is 9.44. The monoisotopic (exact) mass is 518 g/mol. The SMILES string of the molecule is C=CCn1c(CNC(=O)/C=C/c2ccc(OC)c(OC)c2)nnc1SCc1ccc(Cl)cc1Cl. The molecule has 178 valence electrons. The van der Waals surface area contributed by atoms with Gasteiger partial charge in [-0.15, -0.1) is 16.8 Å². The molecule has 3 aromatic rings. The Hall–Kier alpha value is -2.94. The van der Waals surface area contributed by atoms with Crippen molar-refractivity contribution in [3.63, 3.8) is 0 Å². The van der Waals surface area contributed by atoms with E-state index in [1.165, 1.54) is 17.8 Å². The third kappa shape index (κ3) is 6.79. The number of hydrogen-bond acceptors (Lipinski definition) is 6. The molecule has 0 spiro atoms. The van der Waals surface area contributed by atoms with E-state index in [-0.39, 0.29) is 12.5 Å². The van der Waals surface area contributed by atoms with E-state index in [0.717, 1.165) is 11.1 Å². The van der Waals surface area contributed by atoms with E-state index in [0.29, 0.717) is 44.8 Å². The van der Waals surface area contributed by atoms with Gasteiger partial charge >= 0.3 is 0 Å². The number of ether oxygens (including phenoxy) is 2. The van der Waals surface area contributed by atoms with Gasteiger partial charge in [-0.1, -0.05) is 53.2 Å².